The number of benzene rings is 1. The molecule has 1 aliphatic heterocycles. The van der Waals surface area contributed by atoms with E-state index in [0.717, 1.165) is 23.6 Å². The van der Waals surface area contributed by atoms with Crippen LogP contribution in [0.4, 0.5) is 0 Å². The zero-order valence-corrected chi connectivity index (χ0v) is 11.8. The van der Waals surface area contributed by atoms with Crippen molar-refractivity contribution in [1.29, 1.82) is 0 Å². The average molecular weight is 249 g/mol. The van der Waals surface area contributed by atoms with Gasteiger partial charge in [0, 0.05) is 11.6 Å². The molecule has 1 heterocycles. The molecule has 0 radical (unpaired) electrons. The molecule has 1 N–H and O–H groups in total. The van der Waals surface area contributed by atoms with Crippen LogP contribution in [0.25, 0.3) is 0 Å². The monoisotopic (exact) mass is 249 g/mol. The van der Waals surface area contributed by atoms with Crippen molar-refractivity contribution in [3.8, 4) is 11.5 Å². The second-order valence-electron chi connectivity index (χ2n) is 4.99. The smallest absolute Gasteiger partial charge is 0.166 e. The topological polar surface area (TPSA) is 30.5 Å². The van der Waals surface area contributed by atoms with E-state index in [1.807, 2.05) is 0 Å². The average Bonchev–Trinajstić information content (AvgIpc) is 2.38. The lowest BCUT2D eigenvalue weighted by molar-refractivity contribution is 0.335. The van der Waals surface area contributed by atoms with E-state index in [0.29, 0.717) is 6.04 Å². The van der Waals surface area contributed by atoms with Gasteiger partial charge in [-0.2, -0.15) is 0 Å². The molecular weight excluding hydrogens is 226 g/mol. The number of rotatable bonds is 3. The molecule has 0 bridgehead atoms. The Kier molecular flexibility index (Phi) is 4.12. The van der Waals surface area contributed by atoms with Gasteiger partial charge in [-0.05, 0) is 44.4 Å². The molecule has 18 heavy (non-hydrogen) atoms. The highest BCUT2D eigenvalue weighted by Gasteiger charge is 2.24. The molecule has 0 saturated carbocycles. The molecule has 3 heteroatoms. The molecule has 0 aromatic heterocycles. The summed E-state index contributed by atoms with van der Waals surface area (Å²) in [6.07, 6.45) is 3.71. The molecule has 1 aliphatic rings. The van der Waals surface area contributed by atoms with Crippen LogP contribution >= 0.6 is 0 Å². The highest BCUT2D eigenvalue weighted by atomic mass is 16.5. The zero-order chi connectivity index (χ0) is 13.1. The van der Waals surface area contributed by atoms with E-state index < -0.39 is 0 Å². The van der Waals surface area contributed by atoms with Crippen molar-refractivity contribution in [3.63, 3.8) is 0 Å². The first-order valence-electron chi connectivity index (χ1n) is 6.64. The van der Waals surface area contributed by atoms with Crippen molar-refractivity contribution in [1.82, 2.24) is 5.32 Å². The van der Waals surface area contributed by atoms with E-state index in [2.05, 4.69) is 25.2 Å². The third-order valence-electron chi connectivity index (χ3n) is 3.73. The number of hydrogen-bond donors (Lipinski definition) is 1. The fourth-order valence-corrected chi connectivity index (χ4v) is 2.94. The molecule has 0 aliphatic carbocycles. The summed E-state index contributed by atoms with van der Waals surface area (Å²) in [5, 5.41) is 3.59. The molecule has 0 amide bonds. The zero-order valence-electron chi connectivity index (χ0n) is 11.8. The third kappa shape index (κ3) is 2.32. The quantitative estimate of drug-likeness (QED) is 0.892. The number of aryl methyl sites for hydroxylation is 2. The molecule has 100 valence electrons. The van der Waals surface area contributed by atoms with E-state index in [9.17, 15) is 0 Å². The minimum absolute atomic E-state index is 0.392. The SMILES string of the molecule is COc1c(C)cc(C)c(C2CCCCN2)c1OC. The minimum Gasteiger partial charge on any atom is -0.493 e. The fourth-order valence-electron chi connectivity index (χ4n) is 2.94. The highest BCUT2D eigenvalue weighted by Crippen LogP contribution is 2.41. The van der Waals surface area contributed by atoms with Crippen LogP contribution < -0.4 is 14.8 Å². The predicted octanol–water partition coefficient (Wildman–Crippen LogP) is 3.14. The summed E-state index contributed by atoms with van der Waals surface area (Å²) in [6.45, 7) is 5.30. The number of ether oxygens (including phenoxy) is 2. The second-order valence-corrected chi connectivity index (χ2v) is 4.99. The van der Waals surface area contributed by atoms with E-state index in [4.69, 9.17) is 9.47 Å². The molecule has 0 spiro atoms. The van der Waals surface area contributed by atoms with Crippen molar-refractivity contribution < 1.29 is 9.47 Å². The lowest BCUT2D eigenvalue weighted by atomic mass is 9.91. The van der Waals surface area contributed by atoms with E-state index in [1.54, 1.807) is 14.2 Å². The van der Waals surface area contributed by atoms with Gasteiger partial charge in [-0.15, -0.1) is 0 Å². The van der Waals surface area contributed by atoms with Gasteiger partial charge >= 0.3 is 0 Å². The molecule has 3 nitrogen and oxygen atoms in total. The molecule has 1 aromatic rings. The summed E-state index contributed by atoms with van der Waals surface area (Å²) in [6, 6.07) is 2.58. The van der Waals surface area contributed by atoms with Gasteiger partial charge in [0.15, 0.2) is 11.5 Å². The van der Waals surface area contributed by atoms with Gasteiger partial charge in [-0.1, -0.05) is 12.5 Å². The Hall–Kier alpha value is -1.22. The molecule has 1 saturated heterocycles. The van der Waals surface area contributed by atoms with Gasteiger partial charge in [0.05, 0.1) is 14.2 Å². The Morgan fingerprint density at radius 1 is 1.06 bits per heavy atom. The van der Waals surface area contributed by atoms with Crippen molar-refractivity contribution in [2.45, 2.75) is 39.2 Å². The number of hydrogen-bond acceptors (Lipinski definition) is 3. The van der Waals surface area contributed by atoms with Crippen LogP contribution in [0.2, 0.25) is 0 Å². The van der Waals surface area contributed by atoms with Gasteiger partial charge in [-0.25, -0.2) is 0 Å². The van der Waals surface area contributed by atoms with Crippen LogP contribution in [-0.4, -0.2) is 20.8 Å². The first-order valence-corrected chi connectivity index (χ1v) is 6.64. The van der Waals surface area contributed by atoms with Crippen LogP contribution in [0.3, 0.4) is 0 Å². The summed E-state index contributed by atoms with van der Waals surface area (Å²) < 4.78 is 11.1. The van der Waals surface area contributed by atoms with E-state index in [-0.39, 0.29) is 0 Å². The summed E-state index contributed by atoms with van der Waals surface area (Å²) in [5.41, 5.74) is 3.68. The summed E-state index contributed by atoms with van der Waals surface area (Å²) >= 11 is 0. The van der Waals surface area contributed by atoms with Crippen LogP contribution in [0.5, 0.6) is 11.5 Å². The fraction of sp³-hybridized carbons (Fsp3) is 0.600. The maximum atomic E-state index is 5.62. The lowest BCUT2D eigenvalue weighted by Crippen LogP contribution is -2.28. The molecule has 1 atom stereocenters. The van der Waals surface area contributed by atoms with Crippen molar-refractivity contribution >= 4 is 0 Å². The number of nitrogens with one attached hydrogen (secondary N) is 1. The Labute approximate surface area is 109 Å². The summed E-state index contributed by atoms with van der Waals surface area (Å²) in [5.74, 6) is 1.76. The lowest BCUT2D eigenvalue weighted by Gasteiger charge is -2.28. The minimum atomic E-state index is 0.392. The van der Waals surface area contributed by atoms with Crippen molar-refractivity contribution in [3.05, 3.63) is 22.8 Å². The van der Waals surface area contributed by atoms with Crippen LogP contribution in [-0.2, 0) is 0 Å². The highest BCUT2D eigenvalue weighted by molar-refractivity contribution is 5.56. The third-order valence-corrected chi connectivity index (χ3v) is 3.73. The Morgan fingerprint density at radius 2 is 1.78 bits per heavy atom. The Bertz CT molecular complexity index is 423. The normalized spacial score (nSPS) is 19.7. The van der Waals surface area contributed by atoms with Crippen molar-refractivity contribution in [2.24, 2.45) is 0 Å². The first-order chi connectivity index (χ1) is 8.69. The second kappa shape index (κ2) is 5.61. The van der Waals surface area contributed by atoms with Gasteiger partial charge in [0.25, 0.3) is 0 Å². The molecule has 1 aromatic carbocycles. The van der Waals surface area contributed by atoms with E-state index >= 15 is 0 Å². The maximum absolute atomic E-state index is 5.62. The number of piperidine rings is 1. The van der Waals surface area contributed by atoms with Crippen LogP contribution in [0, 0.1) is 13.8 Å². The number of methoxy groups -OCH3 is 2. The van der Waals surface area contributed by atoms with Gasteiger partial charge < -0.3 is 14.8 Å². The first kappa shape index (κ1) is 13.2. The standard InChI is InChI=1S/C15H23NO2/c1-10-9-11(2)14(17-3)15(18-4)13(10)12-7-5-6-8-16-12/h9,12,16H,5-8H2,1-4H3. The van der Waals surface area contributed by atoms with Crippen molar-refractivity contribution in [2.75, 3.05) is 20.8 Å². The summed E-state index contributed by atoms with van der Waals surface area (Å²) in [7, 11) is 3.43. The van der Waals surface area contributed by atoms with Gasteiger partial charge in [-0.3, -0.25) is 0 Å². The predicted molar refractivity (Wildman–Crippen MR) is 73.6 cm³/mol. The largest absolute Gasteiger partial charge is 0.493 e. The molecular formula is C15H23NO2. The van der Waals surface area contributed by atoms with E-state index in [1.165, 1.54) is 30.4 Å². The Morgan fingerprint density at radius 3 is 2.33 bits per heavy atom. The van der Waals surface area contributed by atoms with Gasteiger partial charge in [0.2, 0.25) is 0 Å². The Balaban J connectivity index is 2.49. The van der Waals surface area contributed by atoms with Crippen LogP contribution in [0.15, 0.2) is 6.07 Å². The molecule has 1 fully saturated rings. The summed E-state index contributed by atoms with van der Waals surface area (Å²) in [4.78, 5) is 0. The molecule has 1 unspecified atom stereocenters. The van der Waals surface area contributed by atoms with Crippen LogP contribution in [0.1, 0.15) is 42.0 Å². The molecule has 2 rings (SSSR count). The van der Waals surface area contributed by atoms with Gasteiger partial charge in [0.1, 0.15) is 0 Å². The maximum Gasteiger partial charge on any atom is 0.166 e.